The van der Waals surface area contributed by atoms with Crippen LogP contribution < -0.4 is 5.32 Å². The molecule has 0 spiro atoms. The third kappa shape index (κ3) is 3.86. The summed E-state index contributed by atoms with van der Waals surface area (Å²) in [6.45, 7) is 6.32. The van der Waals surface area contributed by atoms with Gasteiger partial charge < -0.3 is 4.90 Å². The number of carbonyl (C=O) groups is 1. The number of hydrogen-bond donors (Lipinski definition) is 1. The summed E-state index contributed by atoms with van der Waals surface area (Å²) in [5.41, 5.74) is 0. The topological polar surface area (TPSA) is 49.4 Å². The number of nitrogens with zero attached hydrogens (tertiary/aromatic N) is 1. The highest BCUT2D eigenvalue weighted by atomic mass is 32.2. The van der Waals surface area contributed by atoms with Gasteiger partial charge in [-0.15, -0.1) is 0 Å². The predicted molar refractivity (Wildman–Crippen MR) is 87.4 cm³/mol. The van der Waals surface area contributed by atoms with Crippen LogP contribution in [0.4, 0.5) is 0 Å². The minimum atomic E-state index is -0.787. The minimum absolute atomic E-state index is 0.0508. The van der Waals surface area contributed by atoms with Crippen molar-refractivity contribution in [2.24, 2.45) is 11.8 Å². The first-order chi connectivity index (χ1) is 9.91. The van der Waals surface area contributed by atoms with Crippen molar-refractivity contribution in [1.82, 2.24) is 10.2 Å². The van der Waals surface area contributed by atoms with Gasteiger partial charge in [-0.1, -0.05) is 26.7 Å². The molecule has 1 heterocycles. The Bertz CT molecular complexity index is 394. The second-order valence-corrected chi connectivity index (χ2v) is 8.59. The molecule has 122 valence electrons. The highest BCUT2D eigenvalue weighted by Gasteiger charge is 2.45. The van der Waals surface area contributed by atoms with E-state index in [4.69, 9.17) is 0 Å². The molecule has 2 aliphatic rings. The van der Waals surface area contributed by atoms with Crippen LogP contribution in [0.2, 0.25) is 0 Å². The summed E-state index contributed by atoms with van der Waals surface area (Å²) in [5, 5.41) is 3.60. The van der Waals surface area contributed by atoms with Gasteiger partial charge in [0, 0.05) is 28.9 Å². The fourth-order valence-electron chi connectivity index (χ4n) is 3.71. The van der Waals surface area contributed by atoms with Gasteiger partial charge in [0.25, 0.3) is 0 Å². The Labute approximate surface area is 131 Å². The molecule has 0 aromatic heterocycles. The van der Waals surface area contributed by atoms with E-state index < -0.39 is 10.8 Å². The Morgan fingerprint density at radius 2 is 1.90 bits per heavy atom. The molecule has 4 nitrogen and oxygen atoms in total. The molecule has 1 amide bonds. The van der Waals surface area contributed by atoms with E-state index in [-0.39, 0.29) is 24.2 Å². The van der Waals surface area contributed by atoms with Crippen molar-refractivity contribution >= 4 is 16.7 Å². The van der Waals surface area contributed by atoms with Crippen molar-refractivity contribution in [2.45, 2.75) is 71.1 Å². The van der Waals surface area contributed by atoms with Crippen molar-refractivity contribution < 1.29 is 9.00 Å². The summed E-state index contributed by atoms with van der Waals surface area (Å²) in [4.78, 5) is 14.9. The number of nitrogens with one attached hydrogen (secondary N) is 1. The fourth-order valence-corrected chi connectivity index (χ4v) is 4.39. The number of amides is 1. The summed E-state index contributed by atoms with van der Waals surface area (Å²) in [6.07, 6.45) is 7.76. The van der Waals surface area contributed by atoms with Crippen LogP contribution in [0.3, 0.4) is 0 Å². The molecule has 1 N–H and O–H groups in total. The Hall–Kier alpha value is -0.420. The van der Waals surface area contributed by atoms with Crippen LogP contribution in [0.1, 0.15) is 52.9 Å². The number of carbonyl (C=O) groups excluding carboxylic acids is 1. The van der Waals surface area contributed by atoms with Crippen LogP contribution in [0.5, 0.6) is 0 Å². The summed E-state index contributed by atoms with van der Waals surface area (Å²) in [5.74, 6) is 1.83. The van der Waals surface area contributed by atoms with Gasteiger partial charge in [-0.2, -0.15) is 0 Å². The van der Waals surface area contributed by atoms with Crippen molar-refractivity contribution in [3.63, 3.8) is 0 Å². The van der Waals surface area contributed by atoms with Crippen LogP contribution in [0, 0.1) is 11.8 Å². The second kappa shape index (κ2) is 7.23. The first-order valence-corrected chi connectivity index (χ1v) is 10.0. The molecular formula is C16H30N2O2S. The predicted octanol–water partition coefficient (Wildman–Crippen LogP) is 2.12. The molecule has 2 rings (SSSR count). The van der Waals surface area contributed by atoms with Gasteiger partial charge in [-0.05, 0) is 38.0 Å². The third-order valence-electron chi connectivity index (χ3n) is 4.98. The van der Waals surface area contributed by atoms with Gasteiger partial charge in [-0.25, -0.2) is 0 Å². The molecule has 0 aromatic carbocycles. The molecular weight excluding hydrogens is 284 g/mol. The van der Waals surface area contributed by atoms with Crippen LogP contribution in [0.25, 0.3) is 0 Å². The smallest absolute Gasteiger partial charge is 0.241 e. The third-order valence-corrected chi connectivity index (χ3v) is 5.79. The van der Waals surface area contributed by atoms with Crippen molar-refractivity contribution in [3.8, 4) is 0 Å². The summed E-state index contributed by atoms with van der Waals surface area (Å²) in [7, 11) is -0.787. The molecule has 0 bridgehead atoms. The lowest BCUT2D eigenvalue weighted by molar-refractivity contribution is -0.133. The molecule has 4 unspecified atom stereocenters. The van der Waals surface area contributed by atoms with Gasteiger partial charge in [-0.3, -0.25) is 14.3 Å². The Balaban J connectivity index is 2.11. The van der Waals surface area contributed by atoms with Crippen LogP contribution in [-0.2, 0) is 15.6 Å². The zero-order chi connectivity index (χ0) is 15.6. The second-order valence-electron chi connectivity index (χ2n) is 7.04. The Morgan fingerprint density at radius 1 is 1.29 bits per heavy atom. The summed E-state index contributed by atoms with van der Waals surface area (Å²) < 4.78 is 11.3. The van der Waals surface area contributed by atoms with E-state index in [9.17, 15) is 9.00 Å². The Morgan fingerprint density at radius 3 is 2.43 bits per heavy atom. The molecule has 1 aliphatic carbocycles. The van der Waals surface area contributed by atoms with Gasteiger partial charge >= 0.3 is 0 Å². The quantitative estimate of drug-likeness (QED) is 0.817. The lowest BCUT2D eigenvalue weighted by atomic mass is 10.0. The van der Waals surface area contributed by atoms with Crippen molar-refractivity contribution in [3.05, 3.63) is 0 Å². The number of rotatable bonds is 6. The molecule has 1 saturated heterocycles. The summed E-state index contributed by atoms with van der Waals surface area (Å²) in [6, 6.07) is 0.119. The van der Waals surface area contributed by atoms with Gasteiger partial charge in [0.1, 0.15) is 0 Å². The molecule has 1 saturated carbocycles. The van der Waals surface area contributed by atoms with Crippen molar-refractivity contribution in [1.29, 1.82) is 0 Å². The highest BCUT2D eigenvalue weighted by Crippen LogP contribution is 2.34. The van der Waals surface area contributed by atoms with Crippen LogP contribution in [-0.4, -0.2) is 45.3 Å². The van der Waals surface area contributed by atoms with Crippen molar-refractivity contribution in [2.75, 3.05) is 12.0 Å². The zero-order valence-electron chi connectivity index (χ0n) is 13.8. The van der Waals surface area contributed by atoms with E-state index >= 15 is 0 Å². The summed E-state index contributed by atoms with van der Waals surface area (Å²) >= 11 is 0. The average molecular weight is 314 g/mol. The lowest BCUT2D eigenvalue weighted by Crippen LogP contribution is -2.47. The van der Waals surface area contributed by atoms with E-state index in [0.29, 0.717) is 17.6 Å². The molecule has 0 radical (unpaired) electrons. The SMILES string of the molecule is CC(C)C1NC(C2CCCC2)N(C(C)CCS(C)=O)C1=O. The van der Waals surface area contributed by atoms with E-state index in [1.807, 2.05) is 0 Å². The molecule has 2 fully saturated rings. The maximum atomic E-state index is 12.8. The zero-order valence-corrected chi connectivity index (χ0v) is 14.6. The van der Waals surface area contributed by atoms with E-state index in [1.54, 1.807) is 6.26 Å². The average Bonchev–Trinajstić information content (AvgIpc) is 3.02. The minimum Gasteiger partial charge on any atom is -0.323 e. The standard InChI is InChI=1S/C16H30N2O2S/c1-11(2)14-16(19)18(12(3)9-10-21(4)20)15(17-14)13-7-5-6-8-13/h11-15,17H,5-10H2,1-4H3. The molecule has 1 aliphatic heterocycles. The van der Waals surface area contributed by atoms with Gasteiger partial charge in [0.15, 0.2) is 0 Å². The van der Waals surface area contributed by atoms with Gasteiger partial charge in [0.05, 0.1) is 12.2 Å². The van der Waals surface area contributed by atoms with E-state index in [0.717, 1.165) is 6.42 Å². The molecule has 21 heavy (non-hydrogen) atoms. The highest BCUT2D eigenvalue weighted by molar-refractivity contribution is 7.84. The maximum Gasteiger partial charge on any atom is 0.241 e. The normalized spacial score (nSPS) is 30.3. The monoisotopic (exact) mass is 314 g/mol. The largest absolute Gasteiger partial charge is 0.323 e. The first-order valence-electron chi connectivity index (χ1n) is 8.30. The molecule has 5 heteroatoms. The lowest BCUT2D eigenvalue weighted by Gasteiger charge is -2.33. The van der Waals surface area contributed by atoms with Gasteiger partial charge in [0.2, 0.25) is 5.91 Å². The van der Waals surface area contributed by atoms with Crippen LogP contribution >= 0.6 is 0 Å². The maximum absolute atomic E-state index is 12.8. The first kappa shape index (κ1) is 16.9. The number of hydrogen-bond acceptors (Lipinski definition) is 3. The molecule has 0 aromatic rings. The Kier molecular flexibility index (Phi) is 5.83. The van der Waals surface area contributed by atoms with Crippen LogP contribution in [0.15, 0.2) is 0 Å². The van der Waals surface area contributed by atoms with E-state index in [1.165, 1.54) is 25.7 Å². The van der Waals surface area contributed by atoms with E-state index in [2.05, 4.69) is 31.0 Å². The molecule has 4 atom stereocenters. The fraction of sp³-hybridized carbons (Fsp3) is 0.938.